The standard InChI is InChI=1S/C14H21NO3S/c1-2-19(17,18)9-3-7-14(16)8-6-11-10-12(15)4-5-13(11)14/h4-5,10,16H,2-3,6-9,15H2,1H3. The number of fused-ring (bicyclic) bond motifs is 1. The second-order valence-electron chi connectivity index (χ2n) is 5.29. The quantitative estimate of drug-likeness (QED) is 0.805. The zero-order chi connectivity index (χ0) is 14.1. The Hall–Kier alpha value is -1.07. The molecule has 0 fully saturated rings. The molecule has 0 heterocycles. The van der Waals surface area contributed by atoms with Gasteiger partial charge in [-0.05, 0) is 48.9 Å². The molecule has 1 aliphatic carbocycles. The first-order chi connectivity index (χ1) is 8.86. The molecule has 4 nitrogen and oxygen atoms in total. The second-order valence-corrected chi connectivity index (χ2v) is 7.76. The molecule has 1 aromatic rings. The van der Waals surface area contributed by atoms with E-state index in [1.807, 2.05) is 12.1 Å². The summed E-state index contributed by atoms with van der Waals surface area (Å²) in [5.41, 5.74) is 7.55. The van der Waals surface area contributed by atoms with Crippen molar-refractivity contribution in [3.05, 3.63) is 29.3 Å². The molecule has 0 radical (unpaired) electrons. The van der Waals surface area contributed by atoms with Crippen molar-refractivity contribution in [3.63, 3.8) is 0 Å². The van der Waals surface area contributed by atoms with Gasteiger partial charge in [0, 0.05) is 11.4 Å². The van der Waals surface area contributed by atoms with Crippen LogP contribution in [0.2, 0.25) is 0 Å². The fourth-order valence-electron chi connectivity index (χ4n) is 2.74. The van der Waals surface area contributed by atoms with Gasteiger partial charge in [0.05, 0.1) is 11.4 Å². The highest BCUT2D eigenvalue weighted by molar-refractivity contribution is 7.91. The molecule has 106 valence electrons. The third-order valence-corrected chi connectivity index (χ3v) is 5.71. The minimum Gasteiger partial charge on any atom is -0.399 e. The summed E-state index contributed by atoms with van der Waals surface area (Å²) in [7, 11) is -2.95. The Morgan fingerprint density at radius 1 is 1.42 bits per heavy atom. The van der Waals surface area contributed by atoms with E-state index in [0.717, 1.165) is 17.5 Å². The number of hydrogen-bond acceptors (Lipinski definition) is 4. The first-order valence-electron chi connectivity index (χ1n) is 6.68. The van der Waals surface area contributed by atoms with E-state index in [9.17, 15) is 13.5 Å². The molecule has 0 aliphatic heterocycles. The van der Waals surface area contributed by atoms with Crippen LogP contribution in [-0.2, 0) is 21.9 Å². The SMILES string of the molecule is CCS(=O)(=O)CCCC1(O)CCc2cc(N)ccc21. The van der Waals surface area contributed by atoms with Gasteiger partial charge in [-0.1, -0.05) is 13.0 Å². The first kappa shape index (κ1) is 14.3. The number of aliphatic hydroxyl groups is 1. The molecule has 0 aromatic heterocycles. The smallest absolute Gasteiger partial charge is 0.150 e. The predicted molar refractivity (Wildman–Crippen MR) is 76.6 cm³/mol. The maximum atomic E-state index is 11.5. The highest BCUT2D eigenvalue weighted by Crippen LogP contribution is 2.40. The molecule has 1 aromatic carbocycles. The maximum Gasteiger partial charge on any atom is 0.150 e. The van der Waals surface area contributed by atoms with Gasteiger partial charge in [0.1, 0.15) is 9.84 Å². The third kappa shape index (κ3) is 3.09. The van der Waals surface area contributed by atoms with E-state index in [-0.39, 0.29) is 11.5 Å². The zero-order valence-electron chi connectivity index (χ0n) is 11.2. The fraction of sp³-hybridized carbons (Fsp3) is 0.571. The number of rotatable bonds is 5. The van der Waals surface area contributed by atoms with E-state index >= 15 is 0 Å². The molecule has 0 amide bonds. The zero-order valence-corrected chi connectivity index (χ0v) is 12.0. The number of hydrogen-bond donors (Lipinski definition) is 2. The topological polar surface area (TPSA) is 80.4 Å². The molecule has 0 bridgehead atoms. The number of aryl methyl sites for hydroxylation is 1. The molecule has 0 spiro atoms. The normalized spacial score (nSPS) is 22.4. The minimum absolute atomic E-state index is 0.149. The Morgan fingerprint density at radius 2 is 2.16 bits per heavy atom. The monoisotopic (exact) mass is 283 g/mol. The van der Waals surface area contributed by atoms with Crippen molar-refractivity contribution < 1.29 is 13.5 Å². The van der Waals surface area contributed by atoms with Crippen molar-refractivity contribution >= 4 is 15.5 Å². The summed E-state index contributed by atoms with van der Waals surface area (Å²) in [6.45, 7) is 1.65. The summed E-state index contributed by atoms with van der Waals surface area (Å²) in [5, 5.41) is 10.7. The van der Waals surface area contributed by atoms with Crippen LogP contribution in [0.25, 0.3) is 0 Å². The molecule has 5 heteroatoms. The van der Waals surface area contributed by atoms with Crippen LogP contribution in [0.3, 0.4) is 0 Å². The van der Waals surface area contributed by atoms with Crippen LogP contribution in [-0.4, -0.2) is 25.0 Å². The Morgan fingerprint density at radius 3 is 2.84 bits per heavy atom. The first-order valence-corrected chi connectivity index (χ1v) is 8.50. The lowest BCUT2D eigenvalue weighted by Gasteiger charge is -2.24. The van der Waals surface area contributed by atoms with Crippen molar-refractivity contribution in [3.8, 4) is 0 Å². The van der Waals surface area contributed by atoms with Gasteiger partial charge in [-0.25, -0.2) is 8.42 Å². The van der Waals surface area contributed by atoms with E-state index in [0.29, 0.717) is 24.9 Å². The van der Waals surface area contributed by atoms with Gasteiger partial charge in [0.15, 0.2) is 0 Å². The van der Waals surface area contributed by atoms with Crippen molar-refractivity contribution in [2.75, 3.05) is 17.2 Å². The average molecular weight is 283 g/mol. The molecular formula is C14H21NO3S. The molecule has 1 unspecified atom stereocenters. The summed E-state index contributed by atoms with van der Waals surface area (Å²) < 4.78 is 22.9. The lowest BCUT2D eigenvalue weighted by molar-refractivity contribution is 0.0289. The Labute approximate surface area is 114 Å². The second kappa shape index (κ2) is 5.13. The van der Waals surface area contributed by atoms with Crippen LogP contribution in [0.4, 0.5) is 5.69 Å². The Balaban J connectivity index is 2.06. The lowest BCUT2D eigenvalue weighted by Crippen LogP contribution is -2.23. The summed E-state index contributed by atoms with van der Waals surface area (Å²) in [6.07, 6.45) is 2.44. The van der Waals surface area contributed by atoms with Crippen molar-refractivity contribution in [1.29, 1.82) is 0 Å². The maximum absolute atomic E-state index is 11.5. The number of sulfone groups is 1. The van der Waals surface area contributed by atoms with Gasteiger partial charge in [-0.2, -0.15) is 0 Å². The van der Waals surface area contributed by atoms with Crippen LogP contribution in [0.1, 0.15) is 37.3 Å². The van der Waals surface area contributed by atoms with E-state index in [4.69, 9.17) is 5.73 Å². The van der Waals surface area contributed by atoms with E-state index in [1.165, 1.54) is 0 Å². The average Bonchev–Trinajstić information content (AvgIpc) is 2.66. The van der Waals surface area contributed by atoms with Gasteiger partial charge in [0.2, 0.25) is 0 Å². The summed E-state index contributed by atoms with van der Waals surface area (Å²) in [4.78, 5) is 0. The number of nitrogens with two attached hydrogens (primary N) is 1. The summed E-state index contributed by atoms with van der Waals surface area (Å²) >= 11 is 0. The number of benzene rings is 1. The van der Waals surface area contributed by atoms with E-state index in [1.54, 1.807) is 13.0 Å². The van der Waals surface area contributed by atoms with Crippen LogP contribution < -0.4 is 5.73 Å². The van der Waals surface area contributed by atoms with Crippen LogP contribution in [0.15, 0.2) is 18.2 Å². The van der Waals surface area contributed by atoms with Gasteiger partial charge < -0.3 is 10.8 Å². The Kier molecular flexibility index (Phi) is 3.87. The summed E-state index contributed by atoms with van der Waals surface area (Å²) in [5.74, 6) is 0.314. The minimum atomic E-state index is -2.95. The number of anilines is 1. The molecule has 1 atom stereocenters. The van der Waals surface area contributed by atoms with E-state index < -0.39 is 15.4 Å². The predicted octanol–water partition coefficient (Wildman–Crippen LogP) is 1.62. The van der Waals surface area contributed by atoms with Crippen molar-refractivity contribution in [2.24, 2.45) is 0 Å². The molecular weight excluding hydrogens is 262 g/mol. The summed E-state index contributed by atoms with van der Waals surface area (Å²) in [6, 6.07) is 5.56. The lowest BCUT2D eigenvalue weighted by atomic mass is 9.91. The molecule has 2 rings (SSSR count). The van der Waals surface area contributed by atoms with Crippen LogP contribution in [0.5, 0.6) is 0 Å². The van der Waals surface area contributed by atoms with Crippen LogP contribution >= 0.6 is 0 Å². The highest BCUT2D eigenvalue weighted by Gasteiger charge is 2.36. The van der Waals surface area contributed by atoms with E-state index in [2.05, 4.69) is 0 Å². The largest absolute Gasteiger partial charge is 0.399 e. The van der Waals surface area contributed by atoms with Gasteiger partial charge >= 0.3 is 0 Å². The van der Waals surface area contributed by atoms with Crippen LogP contribution in [0, 0.1) is 0 Å². The number of nitrogen functional groups attached to an aromatic ring is 1. The van der Waals surface area contributed by atoms with Crippen molar-refractivity contribution in [2.45, 2.75) is 38.2 Å². The molecule has 0 saturated heterocycles. The van der Waals surface area contributed by atoms with Crippen molar-refractivity contribution in [1.82, 2.24) is 0 Å². The fourth-order valence-corrected chi connectivity index (χ4v) is 3.61. The van der Waals surface area contributed by atoms with Gasteiger partial charge in [-0.15, -0.1) is 0 Å². The Bertz CT molecular complexity index is 568. The van der Waals surface area contributed by atoms with Gasteiger partial charge in [-0.3, -0.25) is 0 Å². The van der Waals surface area contributed by atoms with Gasteiger partial charge in [0.25, 0.3) is 0 Å². The molecule has 3 N–H and O–H groups in total. The third-order valence-electron chi connectivity index (χ3n) is 3.92. The molecule has 19 heavy (non-hydrogen) atoms. The highest BCUT2D eigenvalue weighted by atomic mass is 32.2. The molecule has 0 saturated carbocycles. The molecule has 1 aliphatic rings.